The van der Waals surface area contributed by atoms with Crippen molar-refractivity contribution in [3.8, 4) is 0 Å². The second-order valence-corrected chi connectivity index (χ2v) is 7.40. The monoisotopic (exact) mass is 363 g/mol. The summed E-state index contributed by atoms with van der Waals surface area (Å²) in [5.74, 6) is 0.320. The van der Waals surface area contributed by atoms with E-state index in [4.69, 9.17) is 0 Å². The van der Waals surface area contributed by atoms with E-state index in [0.29, 0.717) is 23.5 Å². The van der Waals surface area contributed by atoms with Gasteiger partial charge in [0.05, 0.1) is 5.69 Å². The molecule has 1 aromatic heterocycles. The molecule has 0 bridgehead atoms. The molecule has 5 nitrogen and oxygen atoms in total. The Morgan fingerprint density at radius 2 is 1.63 bits per heavy atom. The molecule has 0 aliphatic rings. The molecular weight excluding hydrogens is 338 g/mol. The van der Waals surface area contributed by atoms with E-state index in [1.165, 1.54) is 0 Å². The molecule has 3 aromatic rings. The topological polar surface area (TPSA) is 63.1 Å². The molecule has 0 aliphatic carbocycles. The number of hydrogen-bond donors (Lipinski definition) is 2. The lowest BCUT2D eigenvalue weighted by Gasteiger charge is -2.15. The molecule has 5 heteroatoms. The molecule has 0 spiro atoms. The van der Waals surface area contributed by atoms with E-state index >= 15 is 0 Å². The number of aromatic nitrogens is 1. The molecule has 0 fully saturated rings. The van der Waals surface area contributed by atoms with E-state index < -0.39 is 0 Å². The number of urea groups is 1. The number of carbonyl (C=O) groups is 1. The van der Waals surface area contributed by atoms with E-state index in [9.17, 15) is 9.59 Å². The van der Waals surface area contributed by atoms with E-state index in [0.717, 1.165) is 22.2 Å². The highest BCUT2D eigenvalue weighted by Crippen LogP contribution is 2.21. The minimum atomic E-state index is -0.333. The number of rotatable bonds is 4. The standard InChI is InChI=1S/C22H25N3O2/c1-14(2)12-25-13-20(18-7-5-6-8-19(18)21(25)26)24-22(27)23-17-10-15(3)9-16(4)11-17/h5-11,13-14H,12H2,1-4H3,(H2,23,24,27). The molecular formula is C22H25N3O2. The van der Waals surface area contributed by atoms with Crippen LogP contribution in [0.2, 0.25) is 0 Å². The van der Waals surface area contributed by atoms with Gasteiger partial charge in [-0.1, -0.05) is 38.1 Å². The second-order valence-electron chi connectivity index (χ2n) is 7.40. The number of carbonyl (C=O) groups excluding carboxylic acids is 1. The molecule has 3 rings (SSSR count). The first-order chi connectivity index (χ1) is 12.8. The molecule has 1 heterocycles. The predicted molar refractivity (Wildman–Crippen MR) is 112 cm³/mol. The first kappa shape index (κ1) is 18.7. The molecule has 2 amide bonds. The lowest BCUT2D eigenvalue weighted by Crippen LogP contribution is -2.25. The Hall–Kier alpha value is -3.08. The van der Waals surface area contributed by atoms with Crippen LogP contribution in [0.5, 0.6) is 0 Å². The van der Waals surface area contributed by atoms with Crippen molar-refractivity contribution in [2.45, 2.75) is 34.2 Å². The van der Waals surface area contributed by atoms with Crippen LogP contribution in [0.15, 0.2) is 53.5 Å². The van der Waals surface area contributed by atoms with Gasteiger partial charge in [-0.15, -0.1) is 0 Å². The predicted octanol–water partition coefficient (Wildman–Crippen LogP) is 4.92. The summed E-state index contributed by atoms with van der Waals surface area (Å²) in [6, 6.07) is 12.9. The zero-order chi connectivity index (χ0) is 19.6. The van der Waals surface area contributed by atoms with E-state index in [-0.39, 0.29) is 11.6 Å². The molecule has 0 saturated carbocycles. The fraction of sp³-hybridized carbons (Fsp3) is 0.273. The highest BCUT2D eigenvalue weighted by atomic mass is 16.2. The number of nitrogens with zero attached hydrogens (tertiary/aromatic N) is 1. The van der Waals surface area contributed by atoms with Crippen molar-refractivity contribution in [3.63, 3.8) is 0 Å². The smallest absolute Gasteiger partial charge is 0.313 e. The van der Waals surface area contributed by atoms with E-state index in [1.807, 2.05) is 44.2 Å². The summed E-state index contributed by atoms with van der Waals surface area (Å²) in [7, 11) is 0. The zero-order valence-corrected chi connectivity index (χ0v) is 16.2. The number of benzene rings is 2. The Labute approximate surface area is 159 Å². The van der Waals surface area contributed by atoms with Crippen LogP contribution in [0.25, 0.3) is 10.8 Å². The number of pyridine rings is 1. The highest BCUT2D eigenvalue weighted by molar-refractivity contribution is 6.05. The molecule has 27 heavy (non-hydrogen) atoms. The van der Waals surface area contributed by atoms with Crippen LogP contribution in [-0.4, -0.2) is 10.6 Å². The molecule has 0 radical (unpaired) electrons. The normalized spacial score (nSPS) is 11.0. The minimum Gasteiger partial charge on any atom is -0.313 e. The number of hydrogen-bond acceptors (Lipinski definition) is 2. The fourth-order valence-corrected chi connectivity index (χ4v) is 3.30. The molecule has 0 aliphatic heterocycles. The molecule has 2 N–H and O–H groups in total. The summed E-state index contributed by atoms with van der Waals surface area (Å²) in [6.45, 7) is 8.69. The van der Waals surface area contributed by atoms with Gasteiger partial charge in [0.1, 0.15) is 0 Å². The van der Waals surface area contributed by atoms with Crippen molar-refractivity contribution in [2.24, 2.45) is 5.92 Å². The van der Waals surface area contributed by atoms with Crippen molar-refractivity contribution in [1.82, 2.24) is 4.57 Å². The Morgan fingerprint density at radius 1 is 1.00 bits per heavy atom. The lowest BCUT2D eigenvalue weighted by molar-refractivity contribution is 0.262. The van der Waals surface area contributed by atoms with Crippen LogP contribution < -0.4 is 16.2 Å². The molecule has 140 valence electrons. The first-order valence-electron chi connectivity index (χ1n) is 9.12. The first-order valence-corrected chi connectivity index (χ1v) is 9.12. The average Bonchev–Trinajstić information content (AvgIpc) is 2.57. The Morgan fingerprint density at radius 3 is 2.26 bits per heavy atom. The van der Waals surface area contributed by atoms with Gasteiger partial charge in [-0.25, -0.2) is 4.79 Å². The van der Waals surface area contributed by atoms with Gasteiger partial charge < -0.3 is 15.2 Å². The average molecular weight is 363 g/mol. The van der Waals surface area contributed by atoms with Crippen LogP contribution in [0, 0.1) is 19.8 Å². The van der Waals surface area contributed by atoms with Crippen molar-refractivity contribution in [3.05, 3.63) is 70.1 Å². The number of aryl methyl sites for hydroxylation is 2. The van der Waals surface area contributed by atoms with Gasteiger partial charge in [0, 0.05) is 29.2 Å². The second kappa shape index (κ2) is 7.66. The summed E-state index contributed by atoms with van der Waals surface area (Å²) in [6.07, 6.45) is 1.73. The largest absolute Gasteiger partial charge is 0.323 e. The van der Waals surface area contributed by atoms with Gasteiger partial charge in [0.15, 0.2) is 0 Å². The molecule has 0 atom stereocenters. The molecule has 2 aromatic carbocycles. The van der Waals surface area contributed by atoms with Crippen molar-refractivity contribution in [1.29, 1.82) is 0 Å². The van der Waals surface area contributed by atoms with Crippen LogP contribution in [0.1, 0.15) is 25.0 Å². The summed E-state index contributed by atoms with van der Waals surface area (Å²) in [4.78, 5) is 25.3. The van der Waals surface area contributed by atoms with Crippen LogP contribution in [0.3, 0.4) is 0 Å². The SMILES string of the molecule is Cc1cc(C)cc(NC(=O)Nc2cn(CC(C)C)c(=O)c3ccccc23)c1. The maximum absolute atomic E-state index is 12.7. The summed E-state index contributed by atoms with van der Waals surface area (Å²) < 4.78 is 1.67. The highest BCUT2D eigenvalue weighted by Gasteiger charge is 2.12. The zero-order valence-electron chi connectivity index (χ0n) is 16.2. The Balaban J connectivity index is 1.94. The van der Waals surface area contributed by atoms with Gasteiger partial charge in [0.2, 0.25) is 0 Å². The molecule has 0 saturated heterocycles. The number of amides is 2. The summed E-state index contributed by atoms with van der Waals surface area (Å²) >= 11 is 0. The van der Waals surface area contributed by atoms with Crippen LogP contribution in [-0.2, 0) is 6.54 Å². The van der Waals surface area contributed by atoms with Crippen molar-refractivity contribution in [2.75, 3.05) is 10.6 Å². The molecule has 0 unspecified atom stereocenters. The van der Waals surface area contributed by atoms with Crippen LogP contribution in [0.4, 0.5) is 16.2 Å². The van der Waals surface area contributed by atoms with E-state index in [2.05, 4.69) is 30.5 Å². The van der Waals surface area contributed by atoms with Gasteiger partial charge in [-0.3, -0.25) is 4.79 Å². The quantitative estimate of drug-likeness (QED) is 0.691. The van der Waals surface area contributed by atoms with Gasteiger partial charge in [-0.2, -0.15) is 0 Å². The third-order valence-electron chi connectivity index (χ3n) is 4.28. The summed E-state index contributed by atoms with van der Waals surface area (Å²) in [5, 5.41) is 7.11. The van der Waals surface area contributed by atoms with Crippen molar-refractivity contribution >= 4 is 28.2 Å². The fourth-order valence-electron chi connectivity index (χ4n) is 3.30. The maximum Gasteiger partial charge on any atom is 0.323 e. The lowest BCUT2D eigenvalue weighted by atomic mass is 10.1. The minimum absolute atomic E-state index is 0.0421. The van der Waals surface area contributed by atoms with Gasteiger partial charge >= 0.3 is 6.03 Å². The van der Waals surface area contributed by atoms with Crippen molar-refractivity contribution < 1.29 is 4.79 Å². The number of fused-ring (bicyclic) bond motifs is 1. The van der Waals surface area contributed by atoms with Crippen LogP contribution >= 0.6 is 0 Å². The number of anilines is 2. The Kier molecular flexibility index (Phi) is 5.31. The Bertz CT molecular complexity index is 1030. The van der Waals surface area contributed by atoms with Gasteiger partial charge in [0.25, 0.3) is 5.56 Å². The number of nitrogens with one attached hydrogen (secondary N) is 2. The van der Waals surface area contributed by atoms with E-state index in [1.54, 1.807) is 16.8 Å². The third-order valence-corrected chi connectivity index (χ3v) is 4.28. The van der Waals surface area contributed by atoms with Gasteiger partial charge in [-0.05, 0) is 49.1 Å². The third kappa shape index (κ3) is 4.37. The summed E-state index contributed by atoms with van der Waals surface area (Å²) in [5.41, 5.74) is 3.49. The maximum atomic E-state index is 12.7.